The van der Waals surface area contributed by atoms with E-state index in [4.69, 9.17) is 9.52 Å². The molecule has 1 aromatic heterocycles. The lowest BCUT2D eigenvalue weighted by Crippen LogP contribution is -2.35. The molecule has 1 aromatic carbocycles. The van der Waals surface area contributed by atoms with Crippen LogP contribution in [0, 0.1) is 0 Å². The third-order valence-electron chi connectivity index (χ3n) is 3.29. The van der Waals surface area contributed by atoms with Gasteiger partial charge in [0.25, 0.3) is 11.8 Å². The van der Waals surface area contributed by atoms with Crippen LogP contribution in [0.25, 0.3) is 6.08 Å². The summed E-state index contributed by atoms with van der Waals surface area (Å²) in [6.07, 6.45) is 3.08. The van der Waals surface area contributed by atoms with E-state index >= 15 is 0 Å². The number of rotatable bonds is 8. The van der Waals surface area contributed by atoms with Crippen molar-refractivity contribution < 1.29 is 23.9 Å². The van der Waals surface area contributed by atoms with Crippen molar-refractivity contribution in [3.05, 3.63) is 64.2 Å². The highest BCUT2D eigenvalue weighted by Crippen LogP contribution is 2.16. The molecule has 0 aliphatic rings. The average molecular weight is 421 g/mol. The Labute approximate surface area is 158 Å². The predicted molar refractivity (Wildman–Crippen MR) is 98.2 cm³/mol. The van der Waals surface area contributed by atoms with Crippen LogP contribution in [0.2, 0.25) is 0 Å². The highest BCUT2D eigenvalue weighted by Gasteiger charge is 2.16. The topological polar surface area (TPSA) is 109 Å². The van der Waals surface area contributed by atoms with Gasteiger partial charge in [0.2, 0.25) is 0 Å². The molecule has 2 aromatic rings. The highest BCUT2D eigenvalue weighted by atomic mass is 79.9. The van der Waals surface area contributed by atoms with Crippen LogP contribution in [0.1, 0.15) is 29.0 Å². The summed E-state index contributed by atoms with van der Waals surface area (Å²) in [4.78, 5) is 35.4. The molecular weight excluding hydrogens is 404 g/mol. The van der Waals surface area contributed by atoms with Gasteiger partial charge >= 0.3 is 5.97 Å². The normalized spacial score (nSPS) is 11.0. The summed E-state index contributed by atoms with van der Waals surface area (Å²) < 4.78 is 5.78. The smallest absolute Gasteiger partial charge is 0.303 e. The van der Waals surface area contributed by atoms with Crippen molar-refractivity contribution in [1.82, 2.24) is 10.6 Å². The number of amides is 2. The Morgan fingerprint density at radius 3 is 2.58 bits per heavy atom. The third kappa shape index (κ3) is 5.89. The van der Waals surface area contributed by atoms with E-state index in [2.05, 4.69) is 26.6 Å². The average Bonchev–Trinajstić information content (AvgIpc) is 3.11. The lowest BCUT2D eigenvalue weighted by Gasteiger charge is -2.11. The number of carboxylic acids is 1. The number of benzene rings is 1. The van der Waals surface area contributed by atoms with E-state index in [-0.39, 0.29) is 25.1 Å². The second-order valence-corrected chi connectivity index (χ2v) is 6.11. The summed E-state index contributed by atoms with van der Waals surface area (Å²) in [7, 11) is 0. The Bertz CT molecular complexity index is 815. The van der Waals surface area contributed by atoms with Crippen molar-refractivity contribution in [3.8, 4) is 0 Å². The van der Waals surface area contributed by atoms with Gasteiger partial charge in [-0.1, -0.05) is 12.1 Å². The van der Waals surface area contributed by atoms with Gasteiger partial charge in [0, 0.05) is 23.5 Å². The van der Waals surface area contributed by atoms with Crippen LogP contribution in [0.5, 0.6) is 0 Å². The van der Waals surface area contributed by atoms with E-state index in [0.717, 1.165) is 0 Å². The number of furan rings is 1. The van der Waals surface area contributed by atoms with Gasteiger partial charge in [0.05, 0.1) is 11.8 Å². The molecule has 0 unspecified atom stereocenters. The van der Waals surface area contributed by atoms with Crippen LogP contribution < -0.4 is 10.6 Å². The van der Waals surface area contributed by atoms with Gasteiger partial charge in [-0.3, -0.25) is 14.4 Å². The highest BCUT2D eigenvalue weighted by molar-refractivity contribution is 9.10. The quantitative estimate of drug-likeness (QED) is 0.449. The second kappa shape index (κ2) is 9.57. The standard InChI is InChI=1S/C18H17BrN2O5/c19-14-7-2-1-6-13(14)17(24)21-15(11-12-5-4-10-26-12)18(25)20-9-3-8-16(22)23/h1-2,4-7,10-11H,3,8-9H2,(H,20,25)(H,21,24)(H,22,23)/b15-11+. The SMILES string of the molecule is O=C(O)CCCNC(=O)/C(=C\c1ccco1)NC(=O)c1ccccc1Br. The summed E-state index contributed by atoms with van der Waals surface area (Å²) >= 11 is 3.29. The number of hydrogen-bond donors (Lipinski definition) is 3. The van der Waals surface area contributed by atoms with Crippen molar-refractivity contribution in [1.29, 1.82) is 0 Å². The summed E-state index contributed by atoms with van der Waals surface area (Å²) in [6, 6.07) is 10.1. The van der Waals surface area contributed by atoms with E-state index in [1.54, 1.807) is 36.4 Å². The summed E-state index contributed by atoms with van der Waals surface area (Å²) in [6.45, 7) is 0.172. The molecule has 0 bridgehead atoms. The lowest BCUT2D eigenvalue weighted by molar-refractivity contribution is -0.137. The Hall–Kier alpha value is -2.87. The van der Waals surface area contributed by atoms with Gasteiger partial charge in [0.1, 0.15) is 11.5 Å². The molecule has 0 saturated heterocycles. The fraction of sp³-hybridized carbons (Fsp3) is 0.167. The first-order valence-corrected chi connectivity index (χ1v) is 8.57. The summed E-state index contributed by atoms with van der Waals surface area (Å²) in [5.74, 6) is -1.54. The van der Waals surface area contributed by atoms with Crippen LogP contribution in [-0.4, -0.2) is 29.4 Å². The first-order valence-electron chi connectivity index (χ1n) is 7.78. The van der Waals surface area contributed by atoms with E-state index in [9.17, 15) is 14.4 Å². The maximum absolute atomic E-state index is 12.5. The Balaban J connectivity index is 2.11. The van der Waals surface area contributed by atoms with E-state index in [1.807, 2.05) is 0 Å². The van der Waals surface area contributed by atoms with Crippen molar-refractivity contribution >= 4 is 39.8 Å². The van der Waals surface area contributed by atoms with Crippen molar-refractivity contribution in [2.45, 2.75) is 12.8 Å². The van der Waals surface area contributed by atoms with Crippen LogP contribution in [0.15, 0.2) is 57.2 Å². The molecule has 0 aliphatic heterocycles. The van der Waals surface area contributed by atoms with Gasteiger partial charge in [-0.15, -0.1) is 0 Å². The minimum absolute atomic E-state index is 0.00368. The molecule has 0 saturated carbocycles. The zero-order valence-electron chi connectivity index (χ0n) is 13.7. The number of carboxylic acid groups (broad SMARTS) is 1. The molecule has 1 heterocycles. The van der Waals surface area contributed by atoms with Gasteiger partial charge in [0.15, 0.2) is 0 Å². The molecule has 8 heteroatoms. The largest absolute Gasteiger partial charge is 0.481 e. The van der Waals surface area contributed by atoms with Crippen LogP contribution in [-0.2, 0) is 9.59 Å². The molecule has 26 heavy (non-hydrogen) atoms. The molecule has 0 fully saturated rings. The van der Waals surface area contributed by atoms with Crippen molar-refractivity contribution in [2.75, 3.05) is 6.54 Å². The zero-order valence-corrected chi connectivity index (χ0v) is 15.3. The number of hydrogen-bond acceptors (Lipinski definition) is 4. The van der Waals surface area contributed by atoms with Crippen molar-refractivity contribution in [3.63, 3.8) is 0 Å². The predicted octanol–water partition coefficient (Wildman–Crippen LogP) is 2.79. The Morgan fingerprint density at radius 2 is 1.92 bits per heavy atom. The Kier molecular flexibility index (Phi) is 7.16. The molecule has 2 rings (SSSR count). The monoisotopic (exact) mass is 420 g/mol. The lowest BCUT2D eigenvalue weighted by atomic mass is 10.2. The summed E-state index contributed by atoms with van der Waals surface area (Å²) in [5.41, 5.74) is 0.368. The molecule has 7 nitrogen and oxygen atoms in total. The second-order valence-electron chi connectivity index (χ2n) is 5.26. The number of aliphatic carboxylic acids is 1. The van der Waals surface area contributed by atoms with Crippen LogP contribution in [0.3, 0.4) is 0 Å². The van der Waals surface area contributed by atoms with Crippen molar-refractivity contribution in [2.24, 2.45) is 0 Å². The number of nitrogens with one attached hydrogen (secondary N) is 2. The third-order valence-corrected chi connectivity index (χ3v) is 3.99. The number of carbonyl (C=O) groups excluding carboxylic acids is 2. The number of carbonyl (C=O) groups is 3. The number of halogens is 1. The van der Waals surface area contributed by atoms with E-state index in [0.29, 0.717) is 15.8 Å². The molecular formula is C18H17BrN2O5. The first-order chi connectivity index (χ1) is 12.5. The minimum Gasteiger partial charge on any atom is -0.481 e. The zero-order chi connectivity index (χ0) is 18.9. The van der Waals surface area contributed by atoms with Gasteiger partial charge < -0.3 is 20.2 Å². The fourth-order valence-electron chi connectivity index (χ4n) is 2.05. The summed E-state index contributed by atoms with van der Waals surface area (Å²) in [5, 5.41) is 13.8. The van der Waals surface area contributed by atoms with Crippen LogP contribution >= 0.6 is 15.9 Å². The molecule has 0 spiro atoms. The fourth-order valence-corrected chi connectivity index (χ4v) is 2.51. The molecule has 3 N–H and O–H groups in total. The maximum Gasteiger partial charge on any atom is 0.303 e. The Morgan fingerprint density at radius 1 is 1.15 bits per heavy atom. The molecule has 2 amide bonds. The minimum atomic E-state index is -0.937. The van der Waals surface area contributed by atoms with Crippen LogP contribution in [0.4, 0.5) is 0 Å². The molecule has 0 atom stereocenters. The van der Waals surface area contributed by atoms with Gasteiger partial charge in [-0.2, -0.15) is 0 Å². The maximum atomic E-state index is 12.5. The van der Waals surface area contributed by atoms with Gasteiger partial charge in [-0.25, -0.2) is 0 Å². The molecule has 136 valence electrons. The molecule has 0 aliphatic carbocycles. The van der Waals surface area contributed by atoms with Gasteiger partial charge in [-0.05, 0) is 46.6 Å². The van der Waals surface area contributed by atoms with E-state index in [1.165, 1.54) is 12.3 Å². The van der Waals surface area contributed by atoms with E-state index < -0.39 is 17.8 Å². The first kappa shape index (κ1) is 19.5. The molecule has 0 radical (unpaired) electrons.